The fourth-order valence-electron chi connectivity index (χ4n) is 5.11. The molecule has 8 rings (SSSR count). The Hall–Kier alpha value is -3.59. The molecule has 0 spiro atoms. The summed E-state index contributed by atoms with van der Waals surface area (Å²) in [5.74, 6) is 3.61. The van der Waals surface area contributed by atoms with Gasteiger partial charge in [-0.3, -0.25) is 0 Å². The Morgan fingerprint density at radius 3 is 2.02 bits per heavy atom. The first kappa shape index (κ1) is 40.2. The summed E-state index contributed by atoms with van der Waals surface area (Å²) >= 11 is 7.81. The Kier molecular flexibility index (Phi) is 16.6. The summed E-state index contributed by atoms with van der Waals surface area (Å²) in [5, 5.41) is 10.5. The van der Waals surface area contributed by atoms with Crippen LogP contribution < -0.4 is 20.9 Å². The van der Waals surface area contributed by atoms with E-state index in [4.69, 9.17) is 20.8 Å². The summed E-state index contributed by atoms with van der Waals surface area (Å²) in [4.78, 5) is 33.3. The van der Waals surface area contributed by atoms with Gasteiger partial charge in [-0.2, -0.15) is 0 Å². The highest BCUT2D eigenvalue weighted by Crippen LogP contribution is 2.30. The molecule has 51 heavy (non-hydrogen) atoms. The first-order valence-corrected chi connectivity index (χ1v) is 19.4. The first-order valence-electron chi connectivity index (χ1n) is 18.3. The molecule has 2 aliphatic heterocycles. The Morgan fingerprint density at radius 2 is 1.45 bits per heavy atom. The second kappa shape index (κ2) is 21.1. The summed E-state index contributed by atoms with van der Waals surface area (Å²) in [6, 6.07) is 4.93. The lowest BCUT2D eigenvalue weighted by Crippen LogP contribution is -2.32. The second-order valence-electron chi connectivity index (χ2n) is 12.2. The zero-order chi connectivity index (χ0) is 36.6. The van der Waals surface area contributed by atoms with Crippen molar-refractivity contribution in [1.82, 2.24) is 40.2 Å². The van der Waals surface area contributed by atoms with Crippen LogP contribution in [0.15, 0.2) is 43.1 Å². The molecule has 2 fully saturated rings. The van der Waals surface area contributed by atoms with Crippen LogP contribution in [-0.2, 0) is 30.1 Å². The normalized spacial score (nSPS) is 15.3. The number of anilines is 3. The van der Waals surface area contributed by atoms with Crippen molar-refractivity contribution >= 4 is 47.2 Å². The number of pyridine rings is 1. The van der Waals surface area contributed by atoms with Crippen molar-refractivity contribution in [3.8, 4) is 11.4 Å². The fraction of sp³-hybridized carbons (Fsp3) is 0.528. The van der Waals surface area contributed by atoms with Crippen LogP contribution in [0.2, 0.25) is 18.7 Å². The number of halogens is 1. The molecule has 0 atom stereocenters. The van der Waals surface area contributed by atoms with Gasteiger partial charge in [0.15, 0.2) is 5.82 Å². The number of aromatic nitrogens is 7. The van der Waals surface area contributed by atoms with Gasteiger partial charge in [-0.25, -0.2) is 34.9 Å². The van der Waals surface area contributed by atoms with Crippen LogP contribution >= 0.6 is 23.5 Å². The maximum atomic E-state index is 6.33. The number of nitrogens with one attached hydrogen (secondary N) is 3. The highest BCUT2D eigenvalue weighted by molar-refractivity contribution is 8.21. The molecule has 0 bridgehead atoms. The Morgan fingerprint density at radius 1 is 0.843 bits per heavy atom. The zero-order valence-electron chi connectivity index (χ0n) is 31.1. The van der Waals surface area contributed by atoms with Gasteiger partial charge in [0.1, 0.15) is 5.82 Å². The summed E-state index contributed by atoms with van der Waals surface area (Å²) in [7, 11) is 1.69. The molecule has 2 aliphatic carbocycles. The molecular weight excluding hydrogens is 681 g/mol. The lowest BCUT2D eigenvalue weighted by atomic mass is 9.84. The van der Waals surface area contributed by atoms with Gasteiger partial charge in [0.25, 0.3) is 0 Å². The van der Waals surface area contributed by atoms with E-state index in [-0.39, 0.29) is 0 Å². The van der Waals surface area contributed by atoms with E-state index >= 15 is 0 Å². The van der Waals surface area contributed by atoms with Gasteiger partial charge < -0.3 is 25.0 Å². The van der Waals surface area contributed by atoms with Gasteiger partial charge >= 0.3 is 0 Å². The van der Waals surface area contributed by atoms with Crippen molar-refractivity contribution in [2.24, 2.45) is 0 Å². The van der Waals surface area contributed by atoms with E-state index < -0.39 is 0 Å². The molecule has 274 valence electrons. The standard InChI is InChI=1S/C19H18ClN7.C10H14N4.C3H9BOS.2C2H6/c20-15-10-23-17(8-14(15)18-21-5-1-6-22-18)27-7-4-16-12(11-27)9-24-19(26-16)25-13-2-3-13;1-2-8(1)13-10-12-6-7-5-11-4-3-9(7)14-10;1-4(2)6-5-3;2*1-2/h1,5-6,8-10,13H,2-4,7,11H2,(H,24,25,26);6,8,11H,1-5H2,(H,12,13,14);1-3H3;2*1-2H3. The number of hydrogen-bond donors (Lipinski definition) is 3. The monoisotopic (exact) mass is 733 g/mol. The average molecular weight is 734 g/mol. The molecule has 2 saturated carbocycles. The van der Waals surface area contributed by atoms with E-state index in [1.165, 1.54) is 48.8 Å². The lowest BCUT2D eigenvalue weighted by molar-refractivity contribution is 0.496. The molecule has 0 radical (unpaired) electrons. The van der Waals surface area contributed by atoms with Gasteiger partial charge in [0, 0.05) is 106 Å². The third-order valence-corrected chi connectivity index (χ3v) is 8.70. The van der Waals surface area contributed by atoms with Crippen LogP contribution in [0, 0.1) is 0 Å². The molecule has 0 saturated heterocycles. The lowest BCUT2D eigenvalue weighted by Gasteiger charge is -2.29. The molecule has 15 heteroatoms. The van der Waals surface area contributed by atoms with Crippen molar-refractivity contribution < 1.29 is 4.18 Å². The third kappa shape index (κ3) is 12.8. The quantitative estimate of drug-likeness (QED) is 0.123. The summed E-state index contributed by atoms with van der Waals surface area (Å²) in [6.45, 7) is 15.7. The molecule has 0 aromatic carbocycles. The number of nitrogens with zero attached hydrogens (tertiary/aromatic N) is 8. The van der Waals surface area contributed by atoms with E-state index in [2.05, 4.69) is 64.4 Å². The van der Waals surface area contributed by atoms with E-state index in [1.807, 2.05) is 46.2 Å². The van der Waals surface area contributed by atoms with Crippen molar-refractivity contribution in [3.05, 3.63) is 70.7 Å². The van der Waals surface area contributed by atoms with Gasteiger partial charge in [-0.05, 0) is 37.8 Å². The predicted molar refractivity (Wildman–Crippen MR) is 213 cm³/mol. The molecule has 12 nitrogen and oxygen atoms in total. The van der Waals surface area contributed by atoms with E-state index in [1.54, 1.807) is 31.8 Å². The minimum Gasteiger partial charge on any atom is -0.352 e. The zero-order valence-corrected chi connectivity index (χ0v) is 32.7. The number of rotatable bonds is 8. The molecule has 4 aliphatic rings. The topological polar surface area (TPSA) is 139 Å². The van der Waals surface area contributed by atoms with Crippen LogP contribution in [0.1, 0.15) is 75.9 Å². The fourth-order valence-corrected chi connectivity index (χ4v) is 5.68. The SMILES string of the molecule is CC.CC.COSB(C)C.Clc1cnc(N2CCc3nc(NC4CC4)ncc3C2)cc1-c1ncccn1.c1nc(NC2CC2)nc2c1CNCC2. The molecule has 0 unspecified atom stereocenters. The highest BCUT2D eigenvalue weighted by Gasteiger charge is 2.25. The molecule has 0 amide bonds. The minimum absolute atomic E-state index is 0.543. The largest absolute Gasteiger partial charge is 0.352 e. The maximum absolute atomic E-state index is 6.33. The molecule has 4 aromatic rings. The van der Waals surface area contributed by atoms with Crippen molar-refractivity contribution in [3.63, 3.8) is 0 Å². The summed E-state index contributed by atoms with van der Waals surface area (Å²) in [6.07, 6.45) is 15.8. The van der Waals surface area contributed by atoms with Gasteiger partial charge in [0.2, 0.25) is 17.9 Å². The number of fused-ring (bicyclic) bond motifs is 2. The first-order chi connectivity index (χ1) is 24.9. The van der Waals surface area contributed by atoms with Crippen LogP contribution in [0.4, 0.5) is 17.7 Å². The van der Waals surface area contributed by atoms with Crippen molar-refractivity contribution in [2.75, 3.05) is 35.7 Å². The van der Waals surface area contributed by atoms with Crippen molar-refractivity contribution in [2.45, 2.75) is 105 Å². The molecule has 3 N–H and O–H groups in total. The smallest absolute Gasteiger partial charge is 0.239 e. The maximum Gasteiger partial charge on any atom is 0.239 e. The predicted octanol–water partition coefficient (Wildman–Crippen LogP) is 7.40. The minimum atomic E-state index is 0.543. The summed E-state index contributed by atoms with van der Waals surface area (Å²) < 4.78 is 4.72. The van der Waals surface area contributed by atoms with E-state index in [0.717, 1.165) is 73.6 Å². The van der Waals surface area contributed by atoms with Gasteiger partial charge in [-0.15, -0.1) is 0 Å². The average Bonchev–Trinajstić information content (AvgIpc) is 4.12. The molecular formula is C36H53BClN11OS. The Balaban J connectivity index is 0.000000203. The number of hydrogen-bond acceptors (Lipinski definition) is 13. The van der Waals surface area contributed by atoms with Crippen LogP contribution in [0.5, 0.6) is 0 Å². The summed E-state index contributed by atoms with van der Waals surface area (Å²) in [5.41, 5.74) is 5.50. The Bertz CT molecular complexity index is 1630. The molecule has 6 heterocycles. The van der Waals surface area contributed by atoms with Gasteiger partial charge in [0.05, 0.1) is 16.4 Å². The van der Waals surface area contributed by atoms with E-state index in [0.29, 0.717) is 28.9 Å². The van der Waals surface area contributed by atoms with Crippen LogP contribution in [0.3, 0.4) is 0 Å². The Labute approximate surface area is 313 Å². The van der Waals surface area contributed by atoms with Crippen LogP contribution in [0.25, 0.3) is 11.4 Å². The molecule has 4 aromatic heterocycles. The second-order valence-corrected chi connectivity index (χ2v) is 14.0. The third-order valence-electron chi connectivity index (χ3n) is 7.82. The van der Waals surface area contributed by atoms with Gasteiger partial charge in [-0.1, -0.05) is 64.8 Å². The highest BCUT2D eigenvalue weighted by atomic mass is 35.5. The van der Waals surface area contributed by atoms with Crippen molar-refractivity contribution in [1.29, 1.82) is 0 Å². The van der Waals surface area contributed by atoms with E-state index in [9.17, 15) is 0 Å². The van der Waals surface area contributed by atoms with Crippen LogP contribution in [-0.4, -0.2) is 73.2 Å².